The highest BCUT2D eigenvalue weighted by Gasteiger charge is 2.33. The van der Waals surface area contributed by atoms with Crippen molar-refractivity contribution in [1.82, 2.24) is 10.3 Å². The van der Waals surface area contributed by atoms with Crippen LogP contribution in [-0.4, -0.2) is 17.4 Å². The molecular formula is C20H16F4N2O. The van der Waals surface area contributed by atoms with Crippen molar-refractivity contribution >= 4 is 16.7 Å². The lowest BCUT2D eigenvalue weighted by atomic mass is 10.0. The van der Waals surface area contributed by atoms with Crippen molar-refractivity contribution in [3.05, 3.63) is 77.4 Å². The van der Waals surface area contributed by atoms with Gasteiger partial charge in [0.15, 0.2) is 0 Å². The summed E-state index contributed by atoms with van der Waals surface area (Å²) < 4.78 is 51.2. The van der Waals surface area contributed by atoms with Crippen LogP contribution in [0.15, 0.2) is 54.9 Å². The lowest BCUT2D eigenvalue weighted by Crippen LogP contribution is -2.27. The van der Waals surface area contributed by atoms with Crippen LogP contribution in [-0.2, 0) is 23.8 Å². The molecule has 1 aromatic heterocycles. The van der Waals surface area contributed by atoms with Crippen LogP contribution in [0.25, 0.3) is 10.8 Å². The fourth-order valence-corrected chi connectivity index (χ4v) is 2.87. The standard InChI is InChI=1S/C20H16F4N2O/c21-18-10-13(4-5-17(18)20(22,23)24)6-9-26-19(27)11-14-2-1-3-15-12-25-8-7-16(14)15/h1-5,7-8,10,12H,6,9,11H2,(H,26,27). The molecule has 0 aliphatic rings. The van der Waals surface area contributed by atoms with E-state index in [0.29, 0.717) is 5.56 Å². The molecule has 0 bridgehead atoms. The number of alkyl halides is 3. The molecule has 1 amide bonds. The highest BCUT2D eigenvalue weighted by molar-refractivity contribution is 5.89. The Kier molecular flexibility index (Phi) is 5.39. The third-order valence-electron chi connectivity index (χ3n) is 4.20. The highest BCUT2D eigenvalue weighted by Crippen LogP contribution is 2.31. The molecular weight excluding hydrogens is 360 g/mol. The molecule has 140 valence electrons. The number of hydrogen-bond acceptors (Lipinski definition) is 2. The number of amides is 1. The van der Waals surface area contributed by atoms with Crippen LogP contribution in [0.4, 0.5) is 17.6 Å². The Bertz CT molecular complexity index is 964. The number of hydrogen-bond donors (Lipinski definition) is 1. The number of pyridine rings is 1. The van der Waals surface area contributed by atoms with Gasteiger partial charge in [-0.3, -0.25) is 9.78 Å². The number of aromatic nitrogens is 1. The van der Waals surface area contributed by atoms with Crippen LogP contribution in [0, 0.1) is 5.82 Å². The molecule has 0 fully saturated rings. The van der Waals surface area contributed by atoms with E-state index in [1.165, 1.54) is 6.07 Å². The second-order valence-corrected chi connectivity index (χ2v) is 6.10. The van der Waals surface area contributed by atoms with Crippen molar-refractivity contribution in [3.63, 3.8) is 0 Å². The van der Waals surface area contributed by atoms with Crippen molar-refractivity contribution < 1.29 is 22.4 Å². The molecule has 3 aromatic rings. The summed E-state index contributed by atoms with van der Waals surface area (Å²) in [5, 5.41) is 4.58. The molecule has 0 unspecified atom stereocenters. The fraction of sp³-hybridized carbons (Fsp3) is 0.200. The van der Waals surface area contributed by atoms with Crippen LogP contribution >= 0.6 is 0 Å². The maximum atomic E-state index is 13.6. The summed E-state index contributed by atoms with van der Waals surface area (Å²) in [7, 11) is 0. The van der Waals surface area contributed by atoms with Crippen LogP contribution < -0.4 is 5.32 Å². The number of carbonyl (C=O) groups is 1. The van der Waals surface area contributed by atoms with Crippen molar-refractivity contribution in [2.24, 2.45) is 0 Å². The van der Waals surface area contributed by atoms with E-state index in [1.807, 2.05) is 24.3 Å². The zero-order valence-corrected chi connectivity index (χ0v) is 14.2. The molecule has 0 radical (unpaired) electrons. The lowest BCUT2D eigenvalue weighted by Gasteiger charge is -2.10. The first-order valence-corrected chi connectivity index (χ1v) is 8.28. The predicted molar refractivity (Wildman–Crippen MR) is 93.6 cm³/mol. The van der Waals surface area contributed by atoms with Crippen LogP contribution in [0.3, 0.4) is 0 Å². The number of nitrogens with zero attached hydrogens (tertiary/aromatic N) is 1. The molecule has 0 atom stereocenters. The number of halogens is 4. The second-order valence-electron chi connectivity index (χ2n) is 6.10. The van der Waals surface area contributed by atoms with Crippen LogP contribution in [0.5, 0.6) is 0 Å². The van der Waals surface area contributed by atoms with Crippen molar-refractivity contribution in [3.8, 4) is 0 Å². The fourth-order valence-electron chi connectivity index (χ4n) is 2.87. The quantitative estimate of drug-likeness (QED) is 0.675. The number of carbonyl (C=O) groups excluding carboxylic acids is 1. The summed E-state index contributed by atoms with van der Waals surface area (Å²) in [5.41, 5.74) is -0.0502. The van der Waals surface area contributed by atoms with Gasteiger partial charge in [0.1, 0.15) is 5.82 Å². The molecule has 1 N–H and O–H groups in total. The Hall–Kier alpha value is -2.96. The van der Waals surface area contributed by atoms with E-state index >= 15 is 0 Å². The van der Waals surface area contributed by atoms with Gasteiger partial charge in [-0.1, -0.05) is 24.3 Å². The molecule has 0 spiro atoms. The molecule has 3 nitrogen and oxygen atoms in total. The van der Waals surface area contributed by atoms with Gasteiger partial charge in [-0.2, -0.15) is 13.2 Å². The van der Waals surface area contributed by atoms with Gasteiger partial charge in [0.2, 0.25) is 5.91 Å². The van der Waals surface area contributed by atoms with E-state index in [2.05, 4.69) is 10.3 Å². The third kappa shape index (κ3) is 4.61. The maximum Gasteiger partial charge on any atom is 0.419 e. The van der Waals surface area contributed by atoms with Crippen LogP contribution in [0.1, 0.15) is 16.7 Å². The molecule has 0 aliphatic heterocycles. The Morgan fingerprint density at radius 1 is 1.11 bits per heavy atom. The average molecular weight is 376 g/mol. The van der Waals surface area contributed by atoms with E-state index in [9.17, 15) is 22.4 Å². The van der Waals surface area contributed by atoms with E-state index in [4.69, 9.17) is 0 Å². The van der Waals surface area contributed by atoms with Gasteiger partial charge < -0.3 is 5.32 Å². The minimum absolute atomic E-state index is 0.169. The first kappa shape index (κ1) is 18.8. The Labute approximate surface area is 153 Å². The SMILES string of the molecule is O=C(Cc1cccc2cnccc12)NCCc1ccc(C(F)(F)F)c(F)c1. The van der Waals surface area contributed by atoms with Crippen molar-refractivity contribution in [2.45, 2.75) is 19.0 Å². The largest absolute Gasteiger partial charge is 0.419 e. The molecule has 2 aromatic carbocycles. The molecule has 7 heteroatoms. The Morgan fingerprint density at radius 3 is 2.67 bits per heavy atom. The van der Waals surface area contributed by atoms with E-state index in [1.54, 1.807) is 12.4 Å². The van der Waals surface area contributed by atoms with E-state index in [0.717, 1.165) is 28.5 Å². The van der Waals surface area contributed by atoms with Gasteiger partial charge in [0.25, 0.3) is 0 Å². The third-order valence-corrected chi connectivity index (χ3v) is 4.20. The number of nitrogens with one attached hydrogen (secondary N) is 1. The van der Waals surface area contributed by atoms with Gasteiger partial charge >= 0.3 is 6.18 Å². The topological polar surface area (TPSA) is 42.0 Å². The minimum atomic E-state index is -4.72. The van der Waals surface area contributed by atoms with Crippen LogP contribution in [0.2, 0.25) is 0 Å². The normalized spacial score (nSPS) is 11.6. The molecule has 0 aliphatic carbocycles. The number of benzene rings is 2. The zero-order valence-electron chi connectivity index (χ0n) is 14.2. The van der Waals surface area contributed by atoms with Gasteiger partial charge in [-0.25, -0.2) is 4.39 Å². The first-order chi connectivity index (χ1) is 12.8. The molecule has 27 heavy (non-hydrogen) atoms. The molecule has 0 saturated carbocycles. The van der Waals surface area contributed by atoms with Crippen molar-refractivity contribution in [1.29, 1.82) is 0 Å². The maximum absolute atomic E-state index is 13.6. The molecule has 0 saturated heterocycles. The van der Waals surface area contributed by atoms with Gasteiger partial charge in [0, 0.05) is 24.3 Å². The zero-order chi connectivity index (χ0) is 19.4. The summed E-state index contributed by atoms with van der Waals surface area (Å²) in [6, 6.07) is 10.2. The van der Waals surface area contributed by atoms with E-state index in [-0.39, 0.29) is 25.3 Å². The predicted octanol–water partition coefficient (Wildman–Crippen LogP) is 4.29. The summed E-state index contributed by atoms with van der Waals surface area (Å²) in [4.78, 5) is 16.2. The Balaban J connectivity index is 1.58. The van der Waals surface area contributed by atoms with Gasteiger partial charge in [-0.15, -0.1) is 0 Å². The smallest absolute Gasteiger partial charge is 0.355 e. The second kappa shape index (κ2) is 7.73. The van der Waals surface area contributed by atoms with Gasteiger partial charge in [-0.05, 0) is 41.1 Å². The summed E-state index contributed by atoms with van der Waals surface area (Å²) in [5.74, 6) is -1.53. The summed E-state index contributed by atoms with van der Waals surface area (Å²) >= 11 is 0. The first-order valence-electron chi connectivity index (χ1n) is 8.28. The average Bonchev–Trinajstić information content (AvgIpc) is 2.61. The monoisotopic (exact) mass is 376 g/mol. The van der Waals surface area contributed by atoms with E-state index < -0.39 is 17.6 Å². The lowest BCUT2D eigenvalue weighted by molar-refractivity contribution is -0.140. The van der Waals surface area contributed by atoms with Gasteiger partial charge in [0.05, 0.1) is 12.0 Å². The minimum Gasteiger partial charge on any atom is -0.355 e. The number of rotatable bonds is 5. The Morgan fingerprint density at radius 2 is 1.93 bits per heavy atom. The summed E-state index contributed by atoms with van der Waals surface area (Å²) in [6.45, 7) is 0.204. The highest BCUT2D eigenvalue weighted by atomic mass is 19.4. The summed E-state index contributed by atoms with van der Waals surface area (Å²) in [6.07, 6.45) is -0.938. The molecule has 3 rings (SSSR count). The van der Waals surface area contributed by atoms with Crippen molar-refractivity contribution in [2.75, 3.05) is 6.54 Å². The number of fused-ring (bicyclic) bond motifs is 1. The molecule has 1 heterocycles.